The lowest BCUT2D eigenvalue weighted by atomic mass is 10.2. The van der Waals surface area contributed by atoms with Crippen LogP contribution in [0.2, 0.25) is 5.02 Å². The van der Waals surface area contributed by atoms with Gasteiger partial charge >= 0.3 is 0 Å². The van der Waals surface area contributed by atoms with Crippen LogP contribution < -0.4 is 16.8 Å². The number of nitrogens with two attached hydrogens (primary N) is 2. The highest BCUT2D eigenvalue weighted by molar-refractivity contribution is 6.33. The van der Waals surface area contributed by atoms with Crippen LogP contribution in [0.3, 0.4) is 0 Å². The standard InChI is InChI=1S/C14H24ClFN4/c1-9(2)20(3)7-5-4-6-19-14-11(18)8-10(17)12(15)13(14)16/h8-9,19H,4-7,17-18H2,1-3H3. The second-order valence-electron chi connectivity index (χ2n) is 5.27. The smallest absolute Gasteiger partial charge is 0.169 e. The third-order valence-corrected chi connectivity index (χ3v) is 3.77. The van der Waals surface area contributed by atoms with Crippen molar-refractivity contribution in [1.82, 2.24) is 4.90 Å². The number of unbranched alkanes of at least 4 members (excludes halogenated alkanes) is 1. The first-order valence-electron chi connectivity index (χ1n) is 6.81. The van der Waals surface area contributed by atoms with E-state index in [4.69, 9.17) is 23.1 Å². The number of nitrogen functional groups attached to an aromatic ring is 2. The van der Waals surface area contributed by atoms with Crippen molar-refractivity contribution in [3.05, 3.63) is 16.9 Å². The van der Waals surface area contributed by atoms with Crippen molar-refractivity contribution < 1.29 is 4.39 Å². The van der Waals surface area contributed by atoms with Crippen molar-refractivity contribution in [3.8, 4) is 0 Å². The van der Waals surface area contributed by atoms with Crippen LogP contribution >= 0.6 is 11.6 Å². The van der Waals surface area contributed by atoms with Crippen LogP contribution in [-0.2, 0) is 0 Å². The number of nitrogens with zero attached hydrogens (tertiary/aromatic N) is 1. The van der Waals surface area contributed by atoms with E-state index in [-0.39, 0.29) is 22.1 Å². The fraction of sp³-hybridized carbons (Fsp3) is 0.571. The van der Waals surface area contributed by atoms with Crippen molar-refractivity contribution in [2.75, 3.05) is 36.9 Å². The Morgan fingerprint density at radius 2 is 1.95 bits per heavy atom. The molecule has 6 heteroatoms. The van der Waals surface area contributed by atoms with Crippen molar-refractivity contribution in [1.29, 1.82) is 0 Å². The van der Waals surface area contributed by atoms with Gasteiger partial charge in [0.2, 0.25) is 0 Å². The number of hydrogen-bond acceptors (Lipinski definition) is 4. The zero-order valence-electron chi connectivity index (χ0n) is 12.3. The Bertz CT molecular complexity index is 451. The molecule has 0 saturated carbocycles. The van der Waals surface area contributed by atoms with E-state index in [9.17, 15) is 4.39 Å². The SMILES string of the molecule is CC(C)N(C)CCCCNc1c(N)cc(N)c(Cl)c1F. The van der Waals surface area contributed by atoms with Gasteiger partial charge in [0.05, 0.1) is 17.1 Å². The average Bonchev–Trinajstić information content (AvgIpc) is 2.38. The molecule has 0 heterocycles. The van der Waals surface area contributed by atoms with Crippen LogP contribution in [0.5, 0.6) is 0 Å². The van der Waals surface area contributed by atoms with E-state index in [1.54, 1.807) is 0 Å². The minimum absolute atomic E-state index is 0.0822. The molecule has 0 radical (unpaired) electrons. The molecule has 1 rings (SSSR count). The summed E-state index contributed by atoms with van der Waals surface area (Å²) in [5.41, 5.74) is 12.0. The van der Waals surface area contributed by atoms with E-state index in [0.717, 1.165) is 19.4 Å². The van der Waals surface area contributed by atoms with Gasteiger partial charge in [0.15, 0.2) is 5.82 Å². The van der Waals surface area contributed by atoms with Crippen LogP contribution in [0.25, 0.3) is 0 Å². The Hall–Kier alpha value is -1.20. The molecule has 0 fully saturated rings. The van der Waals surface area contributed by atoms with Crippen molar-refractivity contribution in [2.45, 2.75) is 32.7 Å². The van der Waals surface area contributed by atoms with Gasteiger partial charge in [0.25, 0.3) is 0 Å². The van der Waals surface area contributed by atoms with Crippen LogP contribution in [-0.4, -0.2) is 31.1 Å². The lowest BCUT2D eigenvalue weighted by molar-refractivity contribution is 0.269. The van der Waals surface area contributed by atoms with E-state index in [0.29, 0.717) is 12.6 Å². The van der Waals surface area contributed by atoms with Crippen LogP contribution in [0.1, 0.15) is 26.7 Å². The van der Waals surface area contributed by atoms with E-state index in [2.05, 4.69) is 31.1 Å². The summed E-state index contributed by atoms with van der Waals surface area (Å²) in [6.45, 7) is 5.97. The fourth-order valence-corrected chi connectivity index (χ4v) is 1.95. The Kier molecular flexibility index (Phi) is 6.36. The summed E-state index contributed by atoms with van der Waals surface area (Å²) >= 11 is 5.77. The number of benzene rings is 1. The number of halogens is 2. The van der Waals surface area contributed by atoms with Gasteiger partial charge in [-0.3, -0.25) is 0 Å². The molecule has 1 aromatic rings. The van der Waals surface area contributed by atoms with E-state index >= 15 is 0 Å². The van der Waals surface area contributed by atoms with E-state index in [1.165, 1.54) is 6.07 Å². The first-order chi connectivity index (χ1) is 9.34. The summed E-state index contributed by atoms with van der Waals surface area (Å²) in [5.74, 6) is -0.580. The molecule has 0 aliphatic carbocycles. The maximum absolute atomic E-state index is 13.9. The number of rotatable bonds is 7. The zero-order chi connectivity index (χ0) is 15.3. The van der Waals surface area contributed by atoms with Gasteiger partial charge in [-0.15, -0.1) is 0 Å². The molecule has 5 N–H and O–H groups in total. The van der Waals surface area contributed by atoms with E-state index < -0.39 is 5.82 Å². The minimum Gasteiger partial charge on any atom is -0.397 e. The largest absolute Gasteiger partial charge is 0.397 e. The molecule has 0 amide bonds. The predicted molar refractivity (Wildman–Crippen MR) is 85.7 cm³/mol. The molecule has 114 valence electrons. The Labute approximate surface area is 125 Å². The number of nitrogens with one attached hydrogen (secondary N) is 1. The molecule has 0 aromatic heterocycles. The van der Waals surface area contributed by atoms with Crippen LogP contribution in [0.15, 0.2) is 6.07 Å². The first-order valence-corrected chi connectivity index (χ1v) is 7.19. The minimum atomic E-state index is -0.580. The van der Waals surface area contributed by atoms with Gasteiger partial charge < -0.3 is 21.7 Å². The topological polar surface area (TPSA) is 67.3 Å². The molecule has 4 nitrogen and oxygen atoms in total. The Balaban J connectivity index is 2.45. The maximum atomic E-state index is 13.9. The van der Waals surface area contributed by atoms with Crippen molar-refractivity contribution in [3.63, 3.8) is 0 Å². The predicted octanol–water partition coefficient (Wildman–Crippen LogP) is 3.18. The molecule has 0 unspecified atom stereocenters. The van der Waals surface area contributed by atoms with Gasteiger partial charge in [-0.2, -0.15) is 0 Å². The normalized spacial score (nSPS) is 11.3. The summed E-state index contributed by atoms with van der Waals surface area (Å²) in [6, 6.07) is 2.01. The van der Waals surface area contributed by atoms with Gasteiger partial charge in [-0.25, -0.2) is 4.39 Å². The van der Waals surface area contributed by atoms with Gasteiger partial charge in [0, 0.05) is 12.6 Å². The number of anilines is 3. The summed E-state index contributed by atoms with van der Waals surface area (Å²) in [5, 5.41) is 2.91. The summed E-state index contributed by atoms with van der Waals surface area (Å²) in [4.78, 5) is 2.27. The second-order valence-corrected chi connectivity index (χ2v) is 5.64. The van der Waals surface area contributed by atoms with E-state index in [1.807, 2.05) is 0 Å². The molecule has 0 spiro atoms. The lowest BCUT2D eigenvalue weighted by Gasteiger charge is -2.20. The highest BCUT2D eigenvalue weighted by Crippen LogP contribution is 2.33. The third-order valence-electron chi connectivity index (χ3n) is 3.39. The monoisotopic (exact) mass is 302 g/mol. The zero-order valence-corrected chi connectivity index (χ0v) is 13.1. The molecule has 0 saturated heterocycles. The lowest BCUT2D eigenvalue weighted by Crippen LogP contribution is -2.27. The van der Waals surface area contributed by atoms with Gasteiger partial charge in [-0.1, -0.05) is 11.6 Å². The molecule has 1 aromatic carbocycles. The molecular formula is C14H24ClFN4. The maximum Gasteiger partial charge on any atom is 0.169 e. The average molecular weight is 303 g/mol. The Morgan fingerprint density at radius 1 is 1.30 bits per heavy atom. The first kappa shape index (κ1) is 16.9. The highest BCUT2D eigenvalue weighted by atomic mass is 35.5. The summed E-state index contributed by atoms with van der Waals surface area (Å²) in [6.07, 6.45) is 1.96. The molecule has 0 atom stereocenters. The quantitative estimate of drug-likeness (QED) is 0.534. The van der Waals surface area contributed by atoms with Crippen molar-refractivity contribution >= 4 is 28.7 Å². The van der Waals surface area contributed by atoms with Gasteiger partial charge in [0.1, 0.15) is 5.02 Å². The van der Waals surface area contributed by atoms with Gasteiger partial charge in [-0.05, 0) is 46.3 Å². The molecule has 0 aliphatic rings. The third kappa shape index (κ3) is 4.42. The van der Waals surface area contributed by atoms with Crippen molar-refractivity contribution in [2.24, 2.45) is 0 Å². The highest BCUT2D eigenvalue weighted by Gasteiger charge is 2.13. The Morgan fingerprint density at radius 3 is 2.55 bits per heavy atom. The second kappa shape index (κ2) is 7.55. The summed E-state index contributed by atoms with van der Waals surface area (Å²) in [7, 11) is 2.09. The van der Waals surface area contributed by atoms with Crippen LogP contribution in [0, 0.1) is 5.82 Å². The molecule has 0 bridgehead atoms. The fourth-order valence-electron chi connectivity index (χ4n) is 1.80. The number of hydrogen-bond donors (Lipinski definition) is 3. The molecular weight excluding hydrogens is 279 g/mol. The molecule has 0 aliphatic heterocycles. The van der Waals surface area contributed by atoms with Crippen LogP contribution in [0.4, 0.5) is 21.5 Å². The summed E-state index contributed by atoms with van der Waals surface area (Å²) < 4.78 is 13.9. The molecule has 20 heavy (non-hydrogen) atoms.